The minimum atomic E-state index is -0.119. The number of H-pyrrole nitrogens is 1. The quantitative estimate of drug-likeness (QED) is 0.806. The zero-order valence-corrected chi connectivity index (χ0v) is 15.4. The molecule has 0 saturated heterocycles. The minimum absolute atomic E-state index is 0.0224. The first-order chi connectivity index (χ1) is 10.1. The number of hydrogen-bond donors (Lipinski definition) is 1. The van der Waals surface area contributed by atoms with Crippen LogP contribution < -0.4 is 5.43 Å². The maximum absolute atomic E-state index is 12.2. The van der Waals surface area contributed by atoms with Crippen molar-refractivity contribution in [1.29, 1.82) is 0 Å². The maximum atomic E-state index is 12.2. The van der Waals surface area contributed by atoms with Crippen LogP contribution in [0.4, 0.5) is 0 Å². The van der Waals surface area contributed by atoms with Crippen molar-refractivity contribution >= 4 is 23.4 Å². The SMILES string of the molecule is CSc1c(C)[nH]c(-c2cc(Cl)c(C(C)(C)C)nc2C)cc1=O. The zero-order valence-electron chi connectivity index (χ0n) is 13.8. The molecule has 1 N–H and O–H groups in total. The van der Waals surface area contributed by atoms with Crippen LogP contribution in [0.2, 0.25) is 5.02 Å². The molecule has 118 valence electrons. The van der Waals surface area contributed by atoms with Crippen molar-refractivity contribution in [3.8, 4) is 11.3 Å². The molecule has 0 amide bonds. The monoisotopic (exact) mass is 336 g/mol. The number of pyridine rings is 2. The summed E-state index contributed by atoms with van der Waals surface area (Å²) in [6, 6.07) is 3.52. The fraction of sp³-hybridized carbons (Fsp3) is 0.412. The Balaban J connectivity index is 2.65. The molecule has 0 aliphatic rings. The zero-order chi connectivity index (χ0) is 16.7. The van der Waals surface area contributed by atoms with E-state index in [0.717, 1.165) is 33.2 Å². The lowest BCUT2D eigenvalue weighted by atomic mass is 9.90. The van der Waals surface area contributed by atoms with Crippen molar-refractivity contribution in [3.05, 3.63) is 44.5 Å². The van der Waals surface area contributed by atoms with E-state index in [0.29, 0.717) is 5.02 Å². The normalized spacial score (nSPS) is 11.8. The Morgan fingerprint density at radius 1 is 1.23 bits per heavy atom. The molecule has 0 aliphatic heterocycles. The summed E-state index contributed by atoms with van der Waals surface area (Å²) in [5, 5.41) is 0.626. The molecule has 0 saturated carbocycles. The number of rotatable bonds is 2. The van der Waals surface area contributed by atoms with Gasteiger partial charge in [0.05, 0.1) is 21.3 Å². The number of aryl methyl sites for hydroxylation is 2. The topological polar surface area (TPSA) is 45.8 Å². The van der Waals surface area contributed by atoms with Crippen molar-refractivity contribution in [1.82, 2.24) is 9.97 Å². The van der Waals surface area contributed by atoms with Gasteiger partial charge in [-0.15, -0.1) is 11.8 Å². The fourth-order valence-corrected chi connectivity index (χ4v) is 3.51. The summed E-state index contributed by atoms with van der Waals surface area (Å²) < 4.78 is 0. The summed E-state index contributed by atoms with van der Waals surface area (Å²) >= 11 is 7.87. The smallest absolute Gasteiger partial charge is 0.195 e. The molecule has 0 aliphatic carbocycles. The lowest BCUT2D eigenvalue weighted by molar-refractivity contribution is 0.567. The number of thioether (sulfide) groups is 1. The van der Waals surface area contributed by atoms with Crippen LogP contribution in [0.3, 0.4) is 0 Å². The van der Waals surface area contributed by atoms with E-state index in [2.05, 4.69) is 30.7 Å². The van der Waals surface area contributed by atoms with Gasteiger partial charge in [-0.25, -0.2) is 0 Å². The van der Waals surface area contributed by atoms with Gasteiger partial charge in [-0.05, 0) is 26.2 Å². The first kappa shape index (κ1) is 17.1. The second-order valence-corrected chi connectivity index (χ2v) is 7.63. The second kappa shape index (κ2) is 6.09. The molecule has 0 fully saturated rings. The Morgan fingerprint density at radius 2 is 1.86 bits per heavy atom. The predicted octanol–water partition coefficient (Wildman–Crippen LogP) is 4.73. The maximum Gasteiger partial charge on any atom is 0.195 e. The molecule has 0 atom stereocenters. The third-order valence-electron chi connectivity index (χ3n) is 3.53. The standard InChI is InChI=1S/C17H21ClN2OS/c1-9-11(7-12(18)16(20-9)17(3,4)5)13-8-14(21)15(22-6)10(2)19-13/h7-8H,1-6H3,(H,19,21). The van der Waals surface area contributed by atoms with Crippen LogP contribution in [-0.4, -0.2) is 16.2 Å². The van der Waals surface area contributed by atoms with Gasteiger partial charge < -0.3 is 4.98 Å². The van der Waals surface area contributed by atoms with Crippen molar-refractivity contribution in [3.63, 3.8) is 0 Å². The van der Waals surface area contributed by atoms with Gasteiger partial charge in [0, 0.05) is 28.4 Å². The second-order valence-electron chi connectivity index (χ2n) is 6.41. The highest BCUT2D eigenvalue weighted by Gasteiger charge is 2.21. The number of aromatic amines is 1. The van der Waals surface area contributed by atoms with E-state index in [1.807, 2.05) is 26.2 Å². The summed E-state index contributed by atoms with van der Waals surface area (Å²) in [5.74, 6) is 0. The predicted molar refractivity (Wildman–Crippen MR) is 95.3 cm³/mol. The molecule has 0 radical (unpaired) electrons. The van der Waals surface area contributed by atoms with E-state index in [1.165, 1.54) is 11.8 Å². The van der Waals surface area contributed by atoms with Crippen LogP contribution >= 0.6 is 23.4 Å². The summed E-state index contributed by atoms with van der Waals surface area (Å²) in [5.41, 5.74) is 4.13. The summed E-state index contributed by atoms with van der Waals surface area (Å²) in [7, 11) is 0. The van der Waals surface area contributed by atoms with E-state index in [-0.39, 0.29) is 10.8 Å². The van der Waals surface area contributed by atoms with Crippen molar-refractivity contribution in [2.45, 2.75) is 44.9 Å². The van der Waals surface area contributed by atoms with E-state index in [1.54, 1.807) is 6.07 Å². The number of hydrogen-bond acceptors (Lipinski definition) is 3. The highest BCUT2D eigenvalue weighted by molar-refractivity contribution is 7.98. The average Bonchev–Trinajstić information content (AvgIpc) is 2.39. The molecular weight excluding hydrogens is 316 g/mol. The molecule has 0 bridgehead atoms. The van der Waals surface area contributed by atoms with Gasteiger partial charge in [-0.1, -0.05) is 32.4 Å². The molecule has 2 rings (SSSR count). The Bertz CT molecular complexity index is 775. The first-order valence-corrected chi connectivity index (χ1v) is 8.71. The molecule has 22 heavy (non-hydrogen) atoms. The summed E-state index contributed by atoms with van der Waals surface area (Å²) in [6.07, 6.45) is 1.90. The van der Waals surface area contributed by atoms with E-state index in [9.17, 15) is 4.79 Å². The highest BCUT2D eigenvalue weighted by atomic mass is 35.5. The Labute approximate surface area is 140 Å². The van der Waals surface area contributed by atoms with Gasteiger partial charge in [0.2, 0.25) is 0 Å². The van der Waals surface area contributed by atoms with Crippen molar-refractivity contribution < 1.29 is 0 Å². The number of aromatic nitrogens is 2. The number of nitrogens with one attached hydrogen (secondary N) is 1. The van der Waals surface area contributed by atoms with Gasteiger partial charge in [0.15, 0.2) is 5.43 Å². The van der Waals surface area contributed by atoms with Crippen LogP contribution in [0.5, 0.6) is 0 Å². The van der Waals surface area contributed by atoms with Gasteiger partial charge in [0.25, 0.3) is 0 Å². The van der Waals surface area contributed by atoms with Gasteiger partial charge >= 0.3 is 0 Å². The molecule has 0 aromatic carbocycles. The lowest BCUT2D eigenvalue weighted by Crippen LogP contribution is -2.15. The van der Waals surface area contributed by atoms with Crippen LogP contribution in [-0.2, 0) is 5.41 Å². The lowest BCUT2D eigenvalue weighted by Gasteiger charge is -2.21. The van der Waals surface area contributed by atoms with Crippen LogP contribution in [0.15, 0.2) is 21.8 Å². The molecule has 5 heteroatoms. The van der Waals surface area contributed by atoms with Crippen LogP contribution in [0, 0.1) is 13.8 Å². The highest BCUT2D eigenvalue weighted by Crippen LogP contribution is 2.32. The van der Waals surface area contributed by atoms with Crippen LogP contribution in [0.25, 0.3) is 11.3 Å². The van der Waals surface area contributed by atoms with Crippen LogP contribution in [0.1, 0.15) is 37.9 Å². The summed E-state index contributed by atoms with van der Waals surface area (Å²) in [4.78, 5) is 20.9. The largest absolute Gasteiger partial charge is 0.357 e. The number of halogens is 1. The van der Waals surface area contributed by atoms with Crippen molar-refractivity contribution in [2.75, 3.05) is 6.26 Å². The fourth-order valence-electron chi connectivity index (χ4n) is 2.45. The molecule has 2 aromatic heterocycles. The Hall–Kier alpha value is -1.26. The van der Waals surface area contributed by atoms with Gasteiger partial charge in [0.1, 0.15) is 0 Å². The molecule has 2 aromatic rings. The van der Waals surface area contributed by atoms with Gasteiger partial charge in [-0.3, -0.25) is 9.78 Å². The average molecular weight is 337 g/mol. The molecule has 0 spiro atoms. The molecule has 2 heterocycles. The van der Waals surface area contributed by atoms with E-state index in [4.69, 9.17) is 11.6 Å². The van der Waals surface area contributed by atoms with E-state index < -0.39 is 0 Å². The van der Waals surface area contributed by atoms with Crippen molar-refractivity contribution in [2.24, 2.45) is 0 Å². The number of nitrogens with zero attached hydrogens (tertiary/aromatic N) is 1. The first-order valence-electron chi connectivity index (χ1n) is 7.11. The summed E-state index contributed by atoms with van der Waals surface area (Å²) in [6.45, 7) is 10.1. The molecule has 0 unspecified atom stereocenters. The minimum Gasteiger partial charge on any atom is -0.357 e. The van der Waals surface area contributed by atoms with E-state index >= 15 is 0 Å². The van der Waals surface area contributed by atoms with Gasteiger partial charge in [-0.2, -0.15) is 0 Å². The molecular formula is C17H21ClN2OS. The third kappa shape index (κ3) is 3.23. The Kier molecular flexibility index (Phi) is 4.73. The Morgan fingerprint density at radius 3 is 2.36 bits per heavy atom. The molecule has 3 nitrogen and oxygen atoms in total. The third-order valence-corrected chi connectivity index (χ3v) is 4.74.